The van der Waals surface area contributed by atoms with Crippen LogP contribution in [-0.4, -0.2) is 4.98 Å². The lowest BCUT2D eigenvalue weighted by Crippen LogP contribution is -2.32. The van der Waals surface area contributed by atoms with Crippen molar-refractivity contribution in [2.24, 2.45) is 5.84 Å². The van der Waals surface area contributed by atoms with Crippen molar-refractivity contribution in [1.82, 2.24) is 10.4 Å². The molecule has 2 aromatic rings. The van der Waals surface area contributed by atoms with Crippen molar-refractivity contribution in [3.63, 3.8) is 0 Å². The molecule has 108 valence electrons. The quantitative estimate of drug-likeness (QED) is 0.300. The topological polar surface area (TPSA) is 50.9 Å². The summed E-state index contributed by atoms with van der Waals surface area (Å²) in [6.07, 6.45) is 1.35. The number of nitrogens with one attached hydrogen (secondary N) is 1. The number of hydrogen-bond acceptors (Lipinski definition) is 4. The summed E-state index contributed by atoms with van der Waals surface area (Å²) < 4.78 is 66.5. The summed E-state index contributed by atoms with van der Waals surface area (Å²) in [6, 6.07) is -1.29. The van der Waals surface area contributed by atoms with E-state index in [1.165, 1.54) is 17.5 Å². The van der Waals surface area contributed by atoms with Gasteiger partial charge < -0.3 is 0 Å². The molecule has 20 heavy (non-hydrogen) atoms. The Morgan fingerprint density at radius 3 is 2.05 bits per heavy atom. The third-order valence-corrected chi connectivity index (χ3v) is 3.46. The van der Waals surface area contributed by atoms with Gasteiger partial charge in [0, 0.05) is 23.6 Å². The first kappa shape index (κ1) is 14.8. The third-order valence-electron chi connectivity index (χ3n) is 2.66. The van der Waals surface area contributed by atoms with Crippen molar-refractivity contribution >= 4 is 11.3 Å². The number of aromatic nitrogens is 1. The molecule has 1 aromatic carbocycles. The smallest absolute Gasteiger partial charge is 0.200 e. The maximum atomic E-state index is 13.6. The minimum absolute atomic E-state index is 0.105. The van der Waals surface area contributed by atoms with Crippen molar-refractivity contribution < 1.29 is 22.0 Å². The number of nitrogens with zero attached hydrogens (tertiary/aromatic N) is 1. The van der Waals surface area contributed by atoms with Gasteiger partial charge in [0.2, 0.25) is 5.82 Å². The maximum absolute atomic E-state index is 13.6. The van der Waals surface area contributed by atoms with Gasteiger partial charge in [-0.2, -0.15) is 0 Å². The van der Waals surface area contributed by atoms with Crippen LogP contribution < -0.4 is 11.3 Å². The Morgan fingerprint density at radius 1 is 1.05 bits per heavy atom. The van der Waals surface area contributed by atoms with E-state index < -0.39 is 40.7 Å². The van der Waals surface area contributed by atoms with Crippen LogP contribution in [0.1, 0.15) is 16.6 Å². The Balaban J connectivity index is 2.49. The van der Waals surface area contributed by atoms with E-state index in [0.29, 0.717) is 5.01 Å². The predicted molar refractivity (Wildman–Crippen MR) is 62.1 cm³/mol. The summed E-state index contributed by atoms with van der Waals surface area (Å²) in [4.78, 5) is 3.87. The first-order chi connectivity index (χ1) is 9.47. The number of hydrogen-bond donors (Lipinski definition) is 2. The molecule has 0 amide bonds. The highest BCUT2D eigenvalue weighted by Gasteiger charge is 2.30. The SMILES string of the molecule is NNC(Cc1nccs1)c1c(F)c(F)c(F)c(F)c1F. The minimum atomic E-state index is -2.20. The minimum Gasteiger partial charge on any atom is -0.271 e. The lowest BCUT2D eigenvalue weighted by molar-refractivity contribution is 0.356. The Bertz CT molecular complexity index is 588. The zero-order valence-electron chi connectivity index (χ0n) is 9.76. The zero-order valence-corrected chi connectivity index (χ0v) is 10.6. The van der Waals surface area contributed by atoms with Gasteiger partial charge in [0.15, 0.2) is 23.3 Å². The fourth-order valence-electron chi connectivity index (χ4n) is 1.70. The molecule has 3 N–H and O–H groups in total. The molecule has 2 rings (SSSR count). The summed E-state index contributed by atoms with van der Waals surface area (Å²) in [5.74, 6) is -4.86. The number of rotatable bonds is 4. The molecule has 0 aliphatic rings. The molecule has 9 heteroatoms. The van der Waals surface area contributed by atoms with Gasteiger partial charge >= 0.3 is 0 Å². The van der Waals surface area contributed by atoms with Crippen LogP contribution >= 0.6 is 11.3 Å². The van der Waals surface area contributed by atoms with Gasteiger partial charge in [-0.25, -0.2) is 26.9 Å². The average molecular weight is 309 g/mol. The van der Waals surface area contributed by atoms with E-state index in [-0.39, 0.29) is 6.42 Å². The van der Waals surface area contributed by atoms with Crippen molar-refractivity contribution in [2.75, 3.05) is 0 Å². The summed E-state index contributed by atoms with van der Waals surface area (Å²) in [6.45, 7) is 0. The molecule has 3 nitrogen and oxygen atoms in total. The van der Waals surface area contributed by atoms with Crippen LogP contribution in [0.5, 0.6) is 0 Å². The number of nitrogens with two attached hydrogens (primary N) is 1. The van der Waals surface area contributed by atoms with Gasteiger partial charge in [-0.1, -0.05) is 0 Å². The van der Waals surface area contributed by atoms with E-state index in [4.69, 9.17) is 5.84 Å². The molecule has 0 aliphatic carbocycles. The van der Waals surface area contributed by atoms with Gasteiger partial charge in [0.1, 0.15) is 0 Å². The lowest BCUT2D eigenvalue weighted by atomic mass is 10.0. The van der Waals surface area contributed by atoms with Crippen LogP contribution in [-0.2, 0) is 6.42 Å². The third kappa shape index (κ3) is 2.51. The van der Waals surface area contributed by atoms with Crippen LogP contribution in [0.4, 0.5) is 22.0 Å². The van der Waals surface area contributed by atoms with Gasteiger partial charge in [-0.15, -0.1) is 11.3 Å². The molecule has 1 heterocycles. The predicted octanol–water partition coefficient (Wildman–Crippen LogP) is 2.59. The normalized spacial score (nSPS) is 12.7. The first-order valence-corrected chi connectivity index (χ1v) is 6.21. The molecule has 1 atom stereocenters. The Hall–Kier alpha value is -1.58. The number of thiazole rings is 1. The second-order valence-corrected chi connectivity index (χ2v) is 4.81. The Kier molecular flexibility index (Phi) is 4.31. The molecule has 0 radical (unpaired) electrons. The highest BCUT2D eigenvalue weighted by atomic mass is 32.1. The highest BCUT2D eigenvalue weighted by molar-refractivity contribution is 7.09. The fraction of sp³-hybridized carbons (Fsp3) is 0.182. The van der Waals surface area contributed by atoms with Crippen LogP contribution in [0.3, 0.4) is 0 Å². The molecule has 0 bridgehead atoms. The molecular weight excluding hydrogens is 301 g/mol. The summed E-state index contributed by atoms with van der Waals surface area (Å²) >= 11 is 1.17. The van der Waals surface area contributed by atoms with Crippen molar-refractivity contribution in [1.29, 1.82) is 0 Å². The molecule has 0 saturated carbocycles. The summed E-state index contributed by atoms with van der Waals surface area (Å²) in [5.41, 5.74) is 1.04. The molecule has 0 fully saturated rings. The maximum Gasteiger partial charge on any atom is 0.200 e. The largest absolute Gasteiger partial charge is 0.271 e. The number of hydrazine groups is 1. The molecule has 0 aliphatic heterocycles. The average Bonchev–Trinajstić information content (AvgIpc) is 2.95. The molecule has 1 aromatic heterocycles. The van der Waals surface area contributed by atoms with Gasteiger partial charge in [0.25, 0.3) is 0 Å². The summed E-state index contributed by atoms with van der Waals surface area (Å²) in [7, 11) is 0. The first-order valence-electron chi connectivity index (χ1n) is 5.33. The Morgan fingerprint density at radius 2 is 1.60 bits per heavy atom. The van der Waals surface area contributed by atoms with E-state index >= 15 is 0 Å². The van der Waals surface area contributed by atoms with E-state index in [1.54, 1.807) is 5.38 Å². The van der Waals surface area contributed by atoms with Crippen LogP contribution in [0.15, 0.2) is 11.6 Å². The van der Waals surface area contributed by atoms with E-state index in [9.17, 15) is 22.0 Å². The van der Waals surface area contributed by atoms with Gasteiger partial charge in [-0.05, 0) is 0 Å². The van der Waals surface area contributed by atoms with E-state index in [0.717, 1.165) is 0 Å². The van der Waals surface area contributed by atoms with Crippen molar-refractivity contribution in [3.05, 3.63) is 51.2 Å². The van der Waals surface area contributed by atoms with Crippen molar-refractivity contribution in [3.8, 4) is 0 Å². The van der Waals surface area contributed by atoms with Crippen LogP contribution in [0.2, 0.25) is 0 Å². The van der Waals surface area contributed by atoms with E-state index in [1.807, 2.05) is 5.43 Å². The number of halogens is 5. The van der Waals surface area contributed by atoms with Crippen molar-refractivity contribution in [2.45, 2.75) is 12.5 Å². The second kappa shape index (κ2) is 5.81. The molecular formula is C11H8F5N3S. The monoisotopic (exact) mass is 309 g/mol. The Labute approximate surface area is 114 Å². The fourth-order valence-corrected chi connectivity index (χ4v) is 2.36. The zero-order chi connectivity index (χ0) is 14.9. The molecule has 0 spiro atoms. The second-order valence-electron chi connectivity index (χ2n) is 3.83. The highest BCUT2D eigenvalue weighted by Crippen LogP contribution is 2.29. The molecule has 1 unspecified atom stereocenters. The summed E-state index contributed by atoms with van der Waals surface area (Å²) in [5, 5.41) is 2.05. The van der Waals surface area contributed by atoms with Crippen LogP contribution in [0.25, 0.3) is 0 Å². The van der Waals surface area contributed by atoms with Gasteiger partial charge in [-0.3, -0.25) is 11.3 Å². The molecule has 0 saturated heterocycles. The lowest BCUT2D eigenvalue weighted by Gasteiger charge is -2.17. The number of benzene rings is 1. The standard InChI is InChI=1S/C11H8F5N3S/c12-7-6(8(13)10(15)11(16)9(7)14)4(19-17)3-5-18-1-2-20-5/h1-2,4,19H,3,17H2. The van der Waals surface area contributed by atoms with Gasteiger partial charge in [0.05, 0.1) is 11.0 Å². The van der Waals surface area contributed by atoms with E-state index in [2.05, 4.69) is 4.98 Å². The van der Waals surface area contributed by atoms with Crippen LogP contribution in [0, 0.1) is 29.1 Å².